The Balaban J connectivity index is 4.35. The zero-order valence-corrected chi connectivity index (χ0v) is 11.5. The number of hydrogen-bond donors (Lipinski definition) is 1. The van der Waals surface area contributed by atoms with E-state index in [-0.39, 0.29) is 5.83 Å². The molecule has 0 bridgehead atoms. The van der Waals surface area contributed by atoms with E-state index >= 15 is 0 Å². The van der Waals surface area contributed by atoms with Gasteiger partial charge in [0.15, 0.2) is 0 Å². The summed E-state index contributed by atoms with van der Waals surface area (Å²) in [6.45, 7) is 10.2. The number of nitrogens with two attached hydrogens (primary N) is 1. The van der Waals surface area contributed by atoms with Crippen LogP contribution in [0, 0.1) is 0 Å². The van der Waals surface area contributed by atoms with Crippen LogP contribution in [0.25, 0.3) is 0 Å². The number of rotatable bonds is 8. The highest BCUT2D eigenvalue weighted by atomic mass is 19.1. The van der Waals surface area contributed by atoms with Gasteiger partial charge in [0.1, 0.15) is 5.83 Å². The summed E-state index contributed by atoms with van der Waals surface area (Å²) < 4.78 is 13.7. The smallest absolute Gasteiger partial charge is 0.107 e. The first-order valence-corrected chi connectivity index (χ1v) is 6.42. The average molecular weight is 239 g/mol. The van der Waals surface area contributed by atoms with Crippen molar-refractivity contribution in [1.82, 2.24) is 0 Å². The molecule has 0 aliphatic rings. The fourth-order valence-electron chi connectivity index (χ4n) is 1.54. The van der Waals surface area contributed by atoms with Crippen molar-refractivity contribution in [2.24, 2.45) is 5.73 Å². The second kappa shape index (κ2) is 9.17. The molecule has 0 saturated heterocycles. The first kappa shape index (κ1) is 16.1. The lowest BCUT2D eigenvalue weighted by atomic mass is 10.0. The van der Waals surface area contributed by atoms with Crippen LogP contribution in [0.4, 0.5) is 4.39 Å². The molecule has 2 heteroatoms. The van der Waals surface area contributed by atoms with Crippen molar-refractivity contribution >= 4 is 0 Å². The van der Waals surface area contributed by atoms with Crippen molar-refractivity contribution < 1.29 is 4.39 Å². The average Bonchev–Trinajstić information content (AvgIpc) is 2.32. The minimum atomic E-state index is -0.0673. The molecular weight excluding hydrogens is 213 g/mol. The fraction of sp³-hybridized carbons (Fsp3) is 0.600. The molecule has 0 rings (SSSR count). The van der Waals surface area contributed by atoms with Crippen LogP contribution in [0.15, 0.2) is 35.2 Å². The Bertz CT molecular complexity index is 300. The van der Waals surface area contributed by atoms with Crippen molar-refractivity contribution in [3.05, 3.63) is 35.2 Å². The van der Waals surface area contributed by atoms with Gasteiger partial charge in [-0.2, -0.15) is 0 Å². The molecule has 0 spiro atoms. The van der Waals surface area contributed by atoms with Crippen molar-refractivity contribution in [2.45, 2.75) is 52.9 Å². The molecule has 0 aliphatic heterocycles. The van der Waals surface area contributed by atoms with E-state index in [1.54, 1.807) is 6.92 Å². The summed E-state index contributed by atoms with van der Waals surface area (Å²) in [4.78, 5) is 0. The summed E-state index contributed by atoms with van der Waals surface area (Å²) in [7, 11) is 0. The molecule has 0 fully saturated rings. The molecule has 2 N–H and O–H groups in total. The van der Waals surface area contributed by atoms with Gasteiger partial charge in [0.2, 0.25) is 0 Å². The molecule has 0 saturated carbocycles. The summed E-state index contributed by atoms with van der Waals surface area (Å²) in [6.07, 6.45) is 6.57. The quantitative estimate of drug-likeness (QED) is 0.372. The summed E-state index contributed by atoms with van der Waals surface area (Å²) in [5, 5.41) is 0. The van der Waals surface area contributed by atoms with E-state index in [9.17, 15) is 4.39 Å². The van der Waals surface area contributed by atoms with E-state index in [1.807, 2.05) is 13.0 Å². The van der Waals surface area contributed by atoms with E-state index in [2.05, 4.69) is 13.5 Å². The predicted molar refractivity (Wildman–Crippen MR) is 74.5 cm³/mol. The molecule has 98 valence electrons. The summed E-state index contributed by atoms with van der Waals surface area (Å²) in [5.41, 5.74) is 8.26. The second-order valence-electron chi connectivity index (χ2n) is 4.48. The molecule has 1 nitrogen and oxygen atoms in total. The second-order valence-corrected chi connectivity index (χ2v) is 4.48. The first-order chi connectivity index (χ1) is 8.02. The zero-order valence-electron chi connectivity index (χ0n) is 11.5. The number of allylic oxidation sites excluding steroid dienone is 5. The minimum absolute atomic E-state index is 0.0673. The van der Waals surface area contributed by atoms with Gasteiger partial charge in [0, 0.05) is 6.42 Å². The van der Waals surface area contributed by atoms with E-state index in [0.717, 1.165) is 37.8 Å². The number of hydrogen-bond acceptors (Lipinski definition) is 1. The lowest BCUT2D eigenvalue weighted by molar-refractivity contribution is 0.604. The van der Waals surface area contributed by atoms with Gasteiger partial charge in [-0.15, -0.1) is 0 Å². The third-order valence-electron chi connectivity index (χ3n) is 3.02. The predicted octanol–water partition coefficient (Wildman–Crippen LogP) is 4.66. The third kappa shape index (κ3) is 7.11. The van der Waals surface area contributed by atoms with Crippen LogP contribution in [0.5, 0.6) is 0 Å². The maximum Gasteiger partial charge on any atom is 0.107 e. The first-order valence-electron chi connectivity index (χ1n) is 6.42. The molecule has 0 unspecified atom stereocenters. The highest BCUT2D eigenvalue weighted by molar-refractivity contribution is 5.28. The molecule has 0 radical (unpaired) electrons. The van der Waals surface area contributed by atoms with Gasteiger partial charge in [0.25, 0.3) is 0 Å². The molecule has 0 amide bonds. The standard InChI is InChI=1S/C15H26FN/c1-5-14(8-6-7-11-17)9-10-15(16)13(4)12(2)3/h9H,2,5-8,10-11,17H2,1,3-4H3/b14-9+,15-13+. The lowest BCUT2D eigenvalue weighted by Crippen LogP contribution is -1.98. The van der Waals surface area contributed by atoms with Crippen molar-refractivity contribution in [3.63, 3.8) is 0 Å². The molecule has 0 aromatic rings. The van der Waals surface area contributed by atoms with Crippen LogP contribution in [-0.2, 0) is 0 Å². The van der Waals surface area contributed by atoms with Crippen LogP contribution >= 0.6 is 0 Å². The van der Waals surface area contributed by atoms with Crippen LogP contribution < -0.4 is 5.73 Å². The van der Waals surface area contributed by atoms with Gasteiger partial charge < -0.3 is 5.73 Å². The molecule has 0 heterocycles. The summed E-state index contributed by atoms with van der Waals surface area (Å²) in [5.74, 6) is -0.0673. The Morgan fingerprint density at radius 3 is 2.41 bits per heavy atom. The molecule has 0 aromatic heterocycles. The van der Waals surface area contributed by atoms with Crippen molar-refractivity contribution in [1.29, 1.82) is 0 Å². The van der Waals surface area contributed by atoms with E-state index < -0.39 is 0 Å². The van der Waals surface area contributed by atoms with E-state index in [4.69, 9.17) is 5.73 Å². The Hall–Kier alpha value is -0.890. The number of halogens is 1. The zero-order chi connectivity index (χ0) is 13.3. The van der Waals surface area contributed by atoms with E-state index in [1.165, 1.54) is 5.57 Å². The van der Waals surface area contributed by atoms with E-state index in [0.29, 0.717) is 12.0 Å². The normalized spacial score (nSPS) is 13.6. The fourth-order valence-corrected chi connectivity index (χ4v) is 1.54. The van der Waals surface area contributed by atoms with Gasteiger partial charge in [-0.1, -0.05) is 30.7 Å². The Labute approximate surface area is 105 Å². The highest BCUT2D eigenvalue weighted by Gasteiger charge is 2.02. The lowest BCUT2D eigenvalue weighted by Gasteiger charge is -2.05. The van der Waals surface area contributed by atoms with Crippen molar-refractivity contribution in [3.8, 4) is 0 Å². The topological polar surface area (TPSA) is 26.0 Å². The monoisotopic (exact) mass is 239 g/mol. The van der Waals surface area contributed by atoms with Gasteiger partial charge in [0.05, 0.1) is 0 Å². The molecule has 0 atom stereocenters. The van der Waals surface area contributed by atoms with Gasteiger partial charge in [-0.05, 0) is 51.6 Å². The summed E-state index contributed by atoms with van der Waals surface area (Å²) >= 11 is 0. The highest BCUT2D eigenvalue weighted by Crippen LogP contribution is 2.20. The Morgan fingerprint density at radius 1 is 1.29 bits per heavy atom. The molecule has 17 heavy (non-hydrogen) atoms. The van der Waals surface area contributed by atoms with Crippen molar-refractivity contribution in [2.75, 3.05) is 6.54 Å². The minimum Gasteiger partial charge on any atom is -0.330 e. The maximum atomic E-state index is 13.7. The SMILES string of the molecule is C=C(C)/C(C)=C(/F)C/C=C(\CC)CCCCN. The molecule has 0 aromatic carbocycles. The van der Waals surface area contributed by atoms with Gasteiger partial charge >= 0.3 is 0 Å². The van der Waals surface area contributed by atoms with Crippen LogP contribution in [0.2, 0.25) is 0 Å². The largest absolute Gasteiger partial charge is 0.330 e. The van der Waals surface area contributed by atoms with Gasteiger partial charge in [-0.25, -0.2) is 4.39 Å². The van der Waals surface area contributed by atoms with Gasteiger partial charge in [-0.3, -0.25) is 0 Å². The summed E-state index contributed by atoms with van der Waals surface area (Å²) in [6, 6.07) is 0. The molecular formula is C15H26FN. The Kier molecular flexibility index (Phi) is 8.69. The Morgan fingerprint density at radius 2 is 1.94 bits per heavy atom. The molecule has 0 aliphatic carbocycles. The van der Waals surface area contributed by atoms with Crippen LogP contribution in [0.3, 0.4) is 0 Å². The van der Waals surface area contributed by atoms with Crippen LogP contribution in [-0.4, -0.2) is 6.54 Å². The van der Waals surface area contributed by atoms with Crippen LogP contribution in [0.1, 0.15) is 52.9 Å². The number of unbranched alkanes of at least 4 members (excludes halogenated alkanes) is 1. The third-order valence-corrected chi connectivity index (χ3v) is 3.02. The maximum absolute atomic E-state index is 13.7.